The number of nitrogens with zero attached hydrogens (tertiary/aromatic N) is 3. The minimum atomic E-state index is -4.84. The van der Waals surface area contributed by atoms with Crippen LogP contribution in [0.4, 0.5) is 14.5 Å². The highest BCUT2D eigenvalue weighted by Gasteiger charge is 2.66. The molecule has 2 atom stereocenters. The van der Waals surface area contributed by atoms with Gasteiger partial charge in [-0.25, -0.2) is 26.5 Å². The largest absolute Gasteiger partial charge is 0.497 e. The minimum Gasteiger partial charge on any atom is -0.497 e. The SMILES string of the molecule is COc1ccc(S(=O)(=O)N2C(=O)C(c3cccnc3OC)(N3CC(F)(F)C[C@H]3C(=O)O)c3cc(Cl)ccc32)c(OC)c1. The van der Waals surface area contributed by atoms with Crippen molar-refractivity contribution >= 4 is 39.2 Å². The summed E-state index contributed by atoms with van der Waals surface area (Å²) in [6, 6.07) is 8.47. The molecule has 3 aromatic rings. The zero-order chi connectivity index (χ0) is 30.6. The second-order valence-corrected chi connectivity index (χ2v) is 11.8. The molecule has 1 aromatic heterocycles. The monoisotopic (exact) mass is 623 g/mol. The van der Waals surface area contributed by atoms with E-state index < -0.39 is 57.3 Å². The van der Waals surface area contributed by atoms with Gasteiger partial charge < -0.3 is 19.3 Å². The van der Waals surface area contributed by atoms with Crippen molar-refractivity contribution in [2.45, 2.75) is 28.8 Å². The normalized spacial score (nSPS) is 21.7. The van der Waals surface area contributed by atoms with Crippen LogP contribution in [-0.2, 0) is 25.2 Å². The highest BCUT2D eigenvalue weighted by Crippen LogP contribution is 2.56. The molecule has 15 heteroatoms. The van der Waals surface area contributed by atoms with Gasteiger partial charge in [-0.2, -0.15) is 0 Å². The summed E-state index contributed by atoms with van der Waals surface area (Å²) < 4.78 is 75.0. The Kier molecular flexibility index (Phi) is 7.28. The second kappa shape index (κ2) is 10.4. The van der Waals surface area contributed by atoms with Gasteiger partial charge in [0.05, 0.1) is 33.6 Å². The zero-order valence-corrected chi connectivity index (χ0v) is 23.9. The Morgan fingerprint density at radius 1 is 1.07 bits per heavy atom. The molecule has 2 aromatic carbocycles. The standard InChI is InChI=1S/C27H24ClF2N3O8S/c1-39-16-7-9-22(21(12-16)40-2)42(37,38)33-19-8-6-15(28)11-18(19)27(25(33)36,17-5-4-10-31-23(17)41-3)32-14-26(29,30)13-20(32)24(34)35/h4-12,20H,13-14H2,1-3H3,(H,34,35)/t20-,27?/m0/s1. The van der Waals surface area contributed by atoms with Crippen LogP contribution < -0.4 is 18.5 Å². The van der Waals surface area contributed by atoms with Crippen molar-refractivity contribution in [3.8, 4) is 17.4 Å². The number of carboxylic acid groups (broad SMARTS) is 1. The van der Waals surface area contributed by atoms with Crippen LogP contribution in [0.2, 0.25) is 5.02 Å². The molecular weight excluding hydrogens is 600 g/mol. The van der Waals surface area contributed by atoms with Gasteiger partial charge in [0.25, 0.3) is 21.9 Å². The number of methoxy groups -OCH3 is 3. The maximum absolute atomic E-state index is 15.0. The molecular formula is C27H24ClF2N3O8S. The molecule has 0 spiro atoms. The van der Waals surface area contributed by atoms with Crippen molar-refractivity contribution in [1.82, 2.24) is 9.88 Å². The predicted octanol–water partition coefficient (Wildman–Crippen LogP) is 3.53. The lowest BCUT2D eigenvalue weighted by Crippen LogP contribution is -2.58. The van der Waals surface area contributed by atoms with E-state index >= 15 is 8.78 Å². The molecule has 11 nitrogen and oxygen atoms in total. The first kappa shape index (κ1) is 29.5. The second-order valence-electron chi connectivity index (χ2n) is 9.57. The van der Waals surface area contributed by atoms with Crippen LogP contribution in [0.15, 0.2) is 59.6 Å². The molecule has 0 radical (unpaired) electrons. The van der Waals surface area contributed by atoms with Crippen LogP contribution in [0.1, 0.15) is 17.5 Å². The third-order valence-corrected chi connectivity index (χ3v) is 9.26. The fraction of sp³-hybridized carbons (Fsp3) is 0.296. The van der Waals surface area contributed by atoms with E-state index in [-0.39, 0.29) is 39.2 Å². The third kappa shape index (κ3) is 4.32. The molecule has 1 unspecified atom stereocenters. The maximum atomic E-state index is 15.0. The van der Waals surface area contributed by atoms with Gasteiger partial charge in [0.1, 0.15) is 22.4 Å². The topological polar surface area (TPSA) is 136 Å². The molecule has 1 saturated heterocycles. The maximum Gasteiger partial charge on any atom is 0.321 e. The molecule has 2 aliphatic rings. The summed E-state index contributed by atoms with van der Waals surface area (Å²) in [5.74, 6) is -6.54. The van der Waals surface area contributed by atoms with E-state index in [1.165, 1.54) is 76.1 Å². The first-order valence-electron chi connectivity index (χ1n) is 12.3. The summed E-state index contributed by atoms with van der Waals surface area (Å²) in [7, 11) is -1.02. The van der Waals surface area contributed by atoms with Gasteiger partial charge in [-0.05, 0) is 42.5 Å². The van der Waals surface area contributed by atoms with Crippen molar-refractivity contribution in [2.24, 2.45) is 0 Å². The Hall–Kier alpha value is -4.01. The first-order chi connectivity index (χ1) is 19.8. The minimum absolute atomic E-state index is 0.0351. The van der Waals surface area contributed by atoms with Gasteiger partial charge in [0.2, 0.25) is 5.88 Å². The number of aromatic nitrogens is 1. The smallest absolute Gasteiger partial charge is 0.321 e. The summed E-state index contributed by atoms with van der Waals surface area (Å²) >= 11 is 6.34. The molecule has 0 aliphatic carbocycles. The average molecular weight is 624 g/mol. The number of likely N-dealkylation sites (tertiary alicyclic amines) is 1. The lowest BCUT2D eigenvalue weighted by Gasteiger charge is -2.40. The Morgan fingerprint density at radius 2 is 1.81 bits per heavy atom. The van der Waals surface area contributed by atoms with Gasteiger partial charge >= 0.3 is 5.97 Å². The number of pyridine rings is 1. The van der Waals surface area contributed by atoms with E-state index in [0.29, 0.717) is 4.31 Å². The molecule has 222 valence electrons. The Labute approximate surface area is 244 Å². The molecule has 42 heavy (non-hydrogen) atoms. The highest BCUT2D eigenvalue weighted by molar-refractivity contribution is 7.93. The van der Waals surface area contributed by atoms with Crippen molar-refractivity contribution in [2.75, 3.05) is 32.2 Å². The fourth-order valence-corrected chi connectivity index (χ4v) is 7.36. The summed E-state index contributed by atoms with van der Waals surface area (Å²) in [6.45, 7) is -1.19. The van der Waals surface area contributed by atoms with E-state index in [9.17, 15) is 23.1 Å². The number of rotatable bonds is 8. The van der Waals surface area contributed by atoms with Crippen LogP contribution in [0.25, 0.3) is 0 Å². The molecule has 1 N–H and O–H groups in total. The van der Waals surface area contributed by atoms with Gasteiger partial charge in [-0.3, -0.25) is 14.5 Å². The number of sulfonamides is 1. The molecule has 0 saturated carbocycles. The lowest BCUT2D eigenvalue weighted by atomic mass is 9.81. The number of hydrogen-bond donors (Lipinski definition) is 1. The van der Waals surface area contributed by atoms with Crippen molar-refractivity contribution in [3.63, 3.8) is 0 Å². The molecule has 0 bridgehead atoms. The van der Waals surface area contributed by atoms with Crippen LogP contribution in [-0.4, -0.2) is 75.1 Å². The van der Waals surface area contributed by atoms with E-state index in [0.717, 1.165) is 4.90 Å². The number of hydrogen-bond acceptors (Lipinski definition) is 9. The van der Waals surface area contributed by atoms with Gasteiger partial charge in [0.15, 0.2) is 5.54 Å². The van der Waals surface area contributed by atoms with E-state index in [1.54, 1.807) is 0 Å². The van der Waals surface area contributed by atoms with Crippen molar-refractivity contribution in [1.29, 1.82) is 0 Å². The van der Waals surface area contributed by atoms with Gasteiger partial charge in [-0.1, -0.05) is 11.6 Å². The van der Waals surface area contributed by atoms with Crippen molar-refractivity contribution in [3.05, 3.63) is 70.9 Å². The average Bonchev–Trinajstić information content (AvgIpc) is 3.43. The third-order valence-electron chi connectivity index (χ3n) is 7.29. The number of alkyl halides is 2. The number of fused-ring (bicyclic) bond motifs is 1. The van der Waals surface area contributed by atoms with Crippen LogP contribution in [0.3, 0.4) is 0 Å². The quantitative estimate of drug-likeness (QED) is 0.397. The first-order valence-corrected chi connectivity index (χ1v) is 14.1. The number of halogens is 3. The summed E-state index contributed by atoms with van der Waals surface area (Å²) in [5.41, 5.74) is -2.99. The highest BCUT2D eigenvalue weighted by atomic mass is 35.5. The number of ether oxygens (including phenoxy) is 3. The molecule has 3 heterocycles. The molecule has 1 fully saturated rings. The lowest BCUT2D eigenvalue weighted by molar-refractivity contribution is -0.145. The number of carboxylic acids is 1. The van der Waals surface area contributed by atoms with Gasteiger partial charge in [0, 0.05) is 34.8 Å². The molecule has 2 aliphatic heterocycles. The predicted molar refractivity (Wildman–Crippen MR) is 145 cm³/mol. The summed E-state index contributed by atoms with van der Waals surface area (Å²) in [4.78, 5) is 31.7. The number of anilines is 1. The Morgan fingerprint density at radius 3 is 2.45 bits per heavy atom. The van der Waals surface area contributed by atoms with Gasteiger partial charge in [-0.15, -0.1) is 0 Å². The summed E-state index contributed by atoms with van der Waals surface area (Å²) in [5, 5.41) is 10.1. The molecule has 1 amide bonds. The molecule has 5 rings (SSSR count). The fourth-order valence-electron chi connectivity index (χ4n) is 5.58. The van der Waals surface area contributed by atoms with E-state index in [4.69, 9.17) is 25.8 Å². The van der Waals surface area contributed by atoms with E-state index in [1.807, 2.05) is 0 Å². The zero-order valence-electron chi connectivity index (χ0n) is 22.4. The Balaban J connectivity index is 1.88. The number of amides is 1. The van der Waals surface area contributed by atoms with E-state index in [2.05, 4.69) is 4.98 Å². The number of benzene rings is 2. The van der Waals surface area contributed by atoms with Crippen LogP contribution in [0, 0.1) is 0 Å². The van der Waals surface area contributed by atoms with Crippen LogP contribution >= 0.6 is 11.6 Å². The number of carbonyl (C=O) groups excluding carboxylic acids is 1. The summed E-state index contributed by atoms with van der Waals surface area (Å²) in [6.07, 6.45) is 0.188. The van der Waals surface area contributed by atoms with Crippen molar-refractivity contribution < 1.29 is 46.1 Å². The number of carbonyl (C=O) groups is 2. The Bertz CT molecular complexity index is 1710. The van der Waals surface area contributed by atoms with Crippen LogP contribution in [0.5, 0.6) is 17.4 Å². The number of aliphatic carboxylic acids is 1.